The number of rotatable bonds is 38. The summed E-state index contributed by atoms with van der Waals surface area (Å²) in [6.07, 6.45) is -118. The highest BCUT2D eigenvalue weighted by atomic mass is 16.8. The van der Waals surface area contributed by atoms with Crippen LogP contribution in [0.5, 0.6) is 0 Å². The molecule has 12 fully saturated rings. The minimum atomic E-state index is -2.75. The Morgan fingerprint density at radius 3 is 0.789 bits per heavy atom. The second-order valence-corrected chi connectivity index (χ2v) is 37.4. The third kappa shape index (κ3) is 27.0. The number of ether oxygens (including phenoxy) is 23. The van der Waals surface area contributed by atoms with Crippen LogP contribution in [-0.4, -0.2) is 634 Å². The van der Waals surface area contributed by atoms with Gasteiger partial charge in [0.2, 0.25) is 29.5 Å². The summed E-state index contributed by atoms with van der Waals surface area (Å²) in [5.41, 5.74) is 0. The molecule has 0 spiro atoms. The molecule has 37 N–H and O–H groups in total. The molecular formula is C82H137N5O60. The van der Waals surface area contributed by atoms with Crippen LogP contribution >= 0.6 is 0 Å². The van der Waals surface area contributed by atoms with E-state index < -0.39 is 470 Å². The summed E-state index contributed by atoms with van der Waals surface area (Å²) in [5.74, 6) is -4.95. The third-order valence-corrected chi connectivity index (χ3v) is 27.0. The molecule has 60 atom stereocenters. The molecule has 0 aromatic heterocycles. The second kappa shape index (κ2) is 52.8. The van der Waals surface area contributed by atoms with E-state index >= 15 is 0 Å². The van der Waals surface area contributed by atoms with Gasteiger partial charge in [0, 0.05) is 34.6 Å². The van der Waals surface area contributed by atoms with Gasteiger partial charge in [-0.2, -0.15) is 0 Å². The van der Waals surface area contributed by atoms with E-state index in [2.05, 4.69) is 26.6 Å². The highest BCUT2D eigenvalue weighted by Gasteiger charge is 2.63. The van der Waals surface area contributed by atoms with Gasteiger partial charge in [-0.25, -0.2) is 0 Å². The lowest BCUT2D eigenvalue weighted by atomic mass is 9.93. The molecule has 12 saturated heterocycles. The maximum absolute atomic E-state index is 13.5. The number of aliphatic hydroxyl groups excluding tert-OH is 32. The number of nitrogens with one attached hydrogen (secondary N) is 5. The lowest BCUT2D eigenvalue weighted by Crippen LogP contribution is -2.71. The highest BCUT2D eigenvalue weighted by molar-refractivity contribution is 5.75. The summed E-state index contributed by atoms with van der Waals surface area (Å²) < 4.78 is 138. The summed E-state index contributed by atoms with van der Waals surface area (Å²) in [5, 5.41) is 373. The van der Waals surface area contributed by atoms with E-state index in [9.17, 15) is 187 Å². The Morgan fingerprint density at radius 2 is 0.422 bits per heavy atom. The smallest absolute Gasteiger partial charge is 0.217 e. The summed E-state index contributed by atoms with van der Waals surface area (Å²) in [7, 11) is 0. The van der Waals surface area contributed by atoms with Crippen LogP contribution in [0.25, 0.3) is 0 Å². The molecule has 147 heavy (non-hydrogen) atoms. The van der Waals surface area contributed by atoms with E-state index in [-0.39, 0.29) is 0 Å². The van der Waals surface area contributed by atoms with Gasteiger partial charge in [0.15, 0.2) is 75.5 Å². The molecule has 12 aliphatic heterocycles. The number of carbonyl (C=O) groups excluding carboxylic acids is 5. The van der Waals surface area contributed by atoms with Crippen LogP contribution in [-0.2, 0) is 133 Å². The standard InChI is InChI=1S/C82H137N5O60/c1-18-40(101)52(113)58(119)76(128-18)126-17-34-67(47(108)35(71(124)129-34)83-19(2)96)140-73-37(85-21(4)98)49(110)66(31(14-95)135-73)144-80-62(123)68(145-82-70(56(117)44(105)27(10-91)133-82)147-75-39(87-23(6)100)51(112)65(30(13-94)137-75)143-79-61(122)55(116)43(104)26(9-90)132-79)46(107)33(138-80)16-127-81-69(146-74-38(86-22(5)99)50(111)64(29(12-93)136-74)142-78-60(121)54(115)42(103)25(8-89)131-78)57(118)45(106)32(139-81)15-125-72-36(84-20(3)97)48(109)63(28(11-92)134-72)141-77-59(120)53(114)41(102)24(7-88)130-77/h18,24-82,88-95,101-124H,7-17H2,1-6H3,(H,83,96)(H,84,97)(H,85,98)(H,86,99)(H,87,100)/t18-,24-,25-,26-,27-,28-,29-,30-,31-,32-,33-,34-,35-,36-,37-,38-,39-,40+,41+,42+,43+,44-,45-,46-,47-,48-,49-,50-,51-,52+,53+,54+,55+,56+,57+,58-,59-,60-,61-,62+,63-,64-,65-,66-,67-,68+,69+,70+,71-,72-,73+,74+,75+,76+,77+,78+,79+,80+,81+,82-/m1/s1. The van der Waals surface area contributed by atoms with Gasteiger partial charge in [-0.15, -0.1) is 0 Å². The first-order valence-electron chi connectivity index (χ1n) is 47.0. The summed E-state index contributed by atoms with van der Waals surface area (Å²) in [6, 6.07) is -9.96. The second-order valence-electron chi connectivity index (χ2n) is 37.4. The molecule has 12 rings (SSSR count). The van der Waals surface area contributed by atoms with E-state index in [1.165, 1.54) is 6.92 Å². The largest absolute Gasteiger partial charge is 0.394 e. The van der Waals surface area contributed by atoms with Gasteiger partial charge < -0.3 is 299 Å². The van der Waals surface area contributed by atoms with Crippen molar-refractivity contribution in [2.24, 2.45) is 0 Å². The summed E-state index contributed by atoms with van der Waals surface area (Å²) in [6.45, 7) is -6.88. The van der Waals surface area contributed by atoms with Crippen molar-refractivity contribution in [2.75, 3.05) is 72.7 Å². The molecule has 0 bridgehead atoms. The van der Waals surface area contributed by atoms with Gasteiger partial charge in [-0.3, -0.25) is 24.0 Å². The SMILES string of the molecule is CC(=O)N[C@@H]1[C@@H](O)[C@H](O[C@@H]2O[C@H](CO)[C@@H](O[C@@H]3O[C@H](CO[C@H]4O[C@H](CO[C@@H]5O[C@H](CO)[C@@H](O[C@@H]6O[C@H](CO)[C@H](O)[C@H](O)[C@H]6O)[C@H](O)[C@H]5NC(C)=O)[C@@H](O)[C@H](O)[C@@H]4O[C@@H]4O[C@H](CO)[C@@H](O[C@@H]5O[C@H](CO)[C@H](O)[C@H](O)[C@H]5O)[C@H](O)[C@H]4NC(C)=O)[C@@H](O)[C@H](O[C@H]4O[C@H](CO)[C@@H](O)[C@H](O)[C@@H]4O[C@@H]4O[C@H](CO)[C@@H](O[C@@H]5O[C@H](CO)[C@H](O)[C@H](O)[C@H]5O)[C@H](O)[C@H]4NC(C)=O)[C@@H]3O)[C@H](O)[C@H]2NC(C)=O)[C@@H](CO[C@H]2O[C@H](C)[C@H](O)[C@H](O)[C@H]2O)O[C@H]1O. The molecule has 0 radical (unpaired) electrons. The van der Waals surface area contributed by atoms with E-state index in [1.807, 2.05) is 0 Å². The molecule has 12 heterocycles. The lowest BCUT2D eigenvalue weighted by molar-refractivity contribution is -0.399. The summed E-state index contributed by atoms with van der Waals surface area (Å²) >= 11 is 0. The molecular weight excluding hydrogens is 2010 g/mol. The van der Waals surface area contributed by atoms with Crippen molar-refractivity contribution in [2.45, 2.75) is 410 Å². The van der Waals surface area contributed by atoms with E-state index in [1.54, 1.807) is 0 Å². The van der Waals surface area contributed by atoms with Crippen LogP contribution in [0.2, 0.25) is 0 Å². The van der Waals surface area contributed by atoms with Gasteiger partial charge >= 0.3 is 0 Å². The minimum Gasteiger partial charge on any atom is -0.394 e. The van der Waals surface area contributed by atoms with Gasteiger partial charge in [0.05, 0.1) is 78.8 Å². The van der Waals surface area contributed by atoms with Crippen molar-refractivity contribution in [3.63, 3.8) is 0 Å². The molecule has 65 heteroatoms. The van der Waals surface area contributed by atoms with Crippen LogP contribution in [0.3, 0.4) is 0 Å². The predicted octanol–water partition coefficient (Wildman–Crippen LogP) is -25.4. The van der Waals surface area contributed by atoms with Crippen molar-refractivity contribution >= 4 is 29.5 Å². The van der Waals surface area contributed by atoms with Crippen LogP contribution in [0.4, 0.5) is 0 Å². The molecule has 0 aromatic rings. The normalized spacial score (nSPS) is 49.6. The molecule has 850 valence electrons. The molecule has 0 aliphatic carbocycles. The molecule has 0 unspecified atom stereocenters. The molecule has 65 nitrogen and oxygen atoms in total. The quantitative estimate of drug-likeness (QED) is 0.0273. The zero-order chi connectivity index (χ0) is 108. The number of aliphatic hydroxyl groups is 32. The van der Waals surface area contributed by atoms with E-state index in [0.717, 1.165) is 34.6 Å². The number of hydrogen-bond donors (Lipinski definition) is 37. The first kappa shape index (κ1) is 121. The number of carbonyl (C=O) groups is 5. The first-order valence-corrected chi connectivity index (χ1v) is 47.0. The molecule has 0 aromatic carbocycles. The molecule has 0 saturated carbocycles. The average Bonchev–Trinajstić information content (AvgIpc) is 0.766. The van der Waals surface area contributed by atoms with Crippen molar-refractivity contribution in [1.29, 1.82) is 0 Å². The number of amides is 5. The van der Waals surface area contributed by atoms with Crippen LogP contribution in [0.1, 0.15) is 41.5 Å². The van der Waals surface area contributed by atoms with Crippen LogP contribution in [0, 0.1) is 0 Å². The summed E-state index contributed by atoms with van der Waals surface area (Å²) in [4.78, 5) is 65.6. The average molecular weight is 2150 g/mol. The highest BCUT2D eigenvalue weighted by Crippen LogP contribution is 2.42. The van der Waals surface area contributed by atoms with Crippen LogP contribution < -0.4 is 26.6 Å². The van der Waals surface area contributed by atoms with Crippen molar-refractivity contribution < 1.29 is 296 Å². The fourth-order valence-electron chi connectivity index (χ4n) is 19.1. The zero-order valence-corrected chi connectivity index (χ0v) is 79.2. The van der Waals surface area contributed by atoms with E-state index in [0.29, 0.717) is 0 Å². The van der Waals surface area contributed by atoms with Gasteiger partial charge in [-0.05, 0) is 6.92 Å². The number of hydrogen-bond acceptors (Lipinski definition) is 60. The first-order chi connectivity index (χ1) is 69.5. The maximum atomic E-state index is 13.5. The molecule has 12 aliphatic rings. The Labute approximate surface area is 832 Å². The Hall–Kier alpha value is -4.85. The lowest BCUT2D eigenvalue weighted by Gasteiger charge is -2.51. The third-order valence-electron chi connectivity index (χ3n) is 27.0. The fraction of sp³-hybridized carbons (Fsp3) is 0.939. The van der Waals surface area contributed by atoms with Gasteiger partial charge in [0.25, 0.3) is 0 Å². The fourth-order valence-corrected chi connectivity index (χ4v) is 19.1. The topological polar surface area (TPSA) is 1010 Å². The van der Waals surface area contributed by atoms with Gasteiger partial charge in [-0.1, -0.05) is 0 Å². The molecule has 5 amide bonds. The Balaban J connectivity index is 0.913. The maximum Gasteiger partial charge on any atom is 0.217 e. The monoisotopic (exact) mass is 2150 g/mol. The van der Waals surface area contributed by atoms with Crippen molar-refractivity contribution in [1.82, 2.24) is 26.6 Å². The minimum absolute atomic E-state index is 0.883. The Bertz CT molecular complexity index is 4110. The predicted molar refractivity (Wildman–Crippen MR) is 452 cm³/mol. The zero-order valence-electron chi connectivity index (χ0n) is 79.2. The van der Waals surface area contributed by atoms with Gasteiger partial charge in [0.1, 0.15) is 287 Å². The van der Waals surface area contributed by atoms with Crippen molar-refractivity contribution in [3.8, 4) is 0 Å². The van der Waals surface area contributed by atoms with E-state index in [4.69, 9.17) is 109 Å². The Morgan fingerprint density at radius 1 is 0.190 bits per heavy atom. The van der Waals surface area contributed by atoms with Crippen molar-refractivity contribution in [3.05, 3.63) is 0 Å². The Kier molecular flexibility index (Phi) is 43.4. The van der Waals surface area contributed by atoms with Crippen LogP contribution in [0.15, 0.2) is 0 Å².